The molecule has 0 amide bonds. The lowest BCUT2D eigenvalue weighted by Gasteiger charge is -2.39. The van der Waals surface area contributed by atoms with Gasteiger partial charge in [0.2, 0.25) is 0 Å². The van der Waals surface area contributed by atoms with Crippen molar-refractivity contribution in [2.45, 2.75) is 68.0 Å². The highest BCUT2D eigenvalue weighted by atomic mass is 15.3. The zero-order chi connectivity index (χ0) is 25.6. The predicted octanol–water partition coefficient (Wildman–Crippen LogP) is 8.70. The fraction of sp³-hybridized carbons (Fsp3) is 0.438. The molecule has 34 heavy (non-hydrogen) atoms. The lowest BCUT2D eigenvalue weighted by Crippen LogP contribution is -2.47. The van der Waals surface area contributed by atoms with Crippen LogP contribution in [0.25, 0.3) is 0 Å². The molecule has 0 aromatic heterocycles. The Kier molecular flexibility index (Phi) is 19.6. The fourth-order valence-corrected chi connectivity index (χ4v) is 3.91. The van der Waals surface area contributed by atoms with Gasteiger partial charge in [-0.1, -0.05) is 146 Å². The summed E-state index contributed by atoms with van der Waals surface area (Å²) >= 11 is 0. The topological polar surface area (TPSA) is 6.48 Å². The van der Waals surface area contributed by atoms with E-state index in [4.69, 9.17) is 0 Å². The lowest BCUT2D eigenvalue weighted by molar-refractivity contribution is 0.105. The van der Waals surface area contributed by atoms with E-state index < -0.39 is 0 Å². The first-order valence-corrected chi connectivity index (χ1v) is 13.5. The van der Waals surface area contributed by atoms with Crippen molar-refractivity contribution in [2.24, 2.45) is 0 Å². The van der Waals surface area contributed by atoms with Crippen molar-refractivity contribution in [3.8, 4) is 0 Å². The third-order valence-electron chi connectivity index (χ3n) is 5.25. The monoisotopic (exact) mass is 462 g/mol. The summed E-state index contributed by atoms with van der Waals surface area (Å²) in [6.07, 6.45) is 0. The van der Waals surface area contributed by atoms with Gasteiger partial charge < -0.3 is 0 Å². The van der Waals surface area contributed by atoms with Crippen LogP contribution < -0.4 is 0 Å². The molecule has 0 bridgehead atoms. The maximum absolute atomic E-state index is 2.63. The van der Waals surface area contributed by atoms with Crippen molar-refractivity contribution in [3.63, 3.8) is 0 Å². The fourth-order valence-electron chi connectivity index (χ4n) is 3.91. The Morgan fingerprint density at radius 1 is 0.500 bits per heavy atom. The first kappa shape index (κ1) is 31.6. The van der Waals surface area contributed by atoms with Crippen molar-refractivity contribution in [1.29, 1.82) is 0 Å². The summed E-state index contributed by atoms with van der Waals surface area (Å²) < 4.78 is 0. The minimum Gasteiger partial charge on any atom is -0.297 e. The summed E-state index contributed by atoms with van der Waals surface area (Å²) in [6.45, 7) is 21.5. The van der Waals surface area contributed by atoms with Crippen LogP contribution in [0.4, 0.5) is 0 Å². The molecule has 0 aliphatic carbocycles. The maximum Gasteiger partial charge on any atom is 0.0602 e. The van der Waals surface area contributed by atoms with Crippen LogP contribution in [0.1, 0.15) is 78.1 Å². The summed E-state index contributed by atoms with van der Waals surface area (Å²) in [4.78, 5) is 5.20. The van der Waals surface area contributed by atoms with Crippen molar-refractivity contribution in [3.05, 3.63) is 108 Å². The van der Waals surface area contributed by atoms with E-state index >= 15 is 0 Å². The highest BCUT2D eigenvalue weighted by molar-refractivity contribution is 5.32. The van der Waals surface area contributed by atoms with Crippen LogP contribution in [-0.4, -0.2) is 36.0 Å². The lowest BCUT2D eigenvalue weighted by atomic mass is 9.96. The van der Waals surface area contributed by atoms with Crippen molar-refractivity contribution >= 4 is 0 Å². The molecule has 2 nitrogen and oxygen atoms in total. The zero-order valence-electron chi connectivity index (χ0n) is 23.2. The van der Waals surface area contributed by atoms with E-state index in [0.717, 1.165) is 32.7 Å². The Labute approximate surface area is 211 Å². The molecule has 0 atom stereocenters. The van der Waals surface area contributed by atoms with E-state index in [0.29, 0.717) is 6.04 Å². The second-order valence-corrected chi connectivity index (χ2v) is 7.02. The van der Waals surface area contributed by atoms with Gasteiger partial charge in [-0.3, -0.25) is 9.80 Å². The van der Waals surface area contributed by atoms with Crippen molar-refractivity contribution in [1.82, 2.24) is 9.80 Å². The number of hydrogen-bond donors (Lipinski definition) is 0. The molecular weight excluding hydrogens is 412 g/mol. The number of rotatable bonds is 5. The SMILES string of the molecule is CC.CC.CC.CC.c1ccc(CN2CCN(C(c3ccccc3)c3ccccc3)CC2)cc1. The van der Waals surface area contributed by atoms with E-state index in [-0.39, 0.29) is 0 Å². The Hall–Kier alpha value is -2.42. The van der Waals surface area contributed by atoms with Crippen molar-refractivity contribution < 1.29 is 0 Å². The summed E-state index contributed by atoms with van der Waals surface area (Å²) in [5, 5.41) is 0. The molecule has 188 valence electrons. The molecule has 0 N–H and O–H groups in total. The van der Waals surface area contributed by atoms with Gasteiger partial charge in [0, 0.05) is 32.7 Å². The van der Waals surface area contributed by atoms with Gasteiger partial charge in [-0.25, -0.2) is 0 Å². The summed E-state index contributed by atoms with van der Waals surface area (Å²) in [5.74, 6) is 0. The van der Waals surface area contributed by atoms with Gasteiger partial charge in [0.1, 0.15) is 0 Å². The van der Waals surface area contributed by atoms with Gasteiger partial charge >= 0.3 is 0 Å². The Bertz CT molecular complexity index is 740. The molecule has 0 radical (unpaired) electrons. The normalized spacial score (nSPS) is 13.0. The van der Waals surface area contributed by atoms with E-state index in [1.54, 1.807) is 0 Å². The number of piperazine rings is 1. The molecule has 0 unspecified atom stereocenters. The van der Waals surface area contributed by atoms with Gasteiger partial charge in [-0.15, -0.1) is 0 Å². The number of nitrogens with zero attached hydrogens (tertiary/aromatic N) is 2. The van der Waals surface area contributed by atoms with Crippen LogP contribution in [0.2, 0.25) is 0 Å². The minimum absolute atomic E-state index is 0.344. The standard InChI is InChI=1S/C24H26N2.4C2H6/c1-4-10-21(11-5-1)20-25-16-18-26(19-17-25)24(22-12-6-2-7-13-22)23-14-8-3-9-15-23;4*1-2/h1-15,24H,16-20H2;4*1-2H3. The third kappa shape index (κ3) is 10.7. The summed E-state index contributed by atoms with van der Waals surface area (Å²) in [7, 11) is 0. The highest BCUT2D eigenvalue weighted by Gasteiger charge is 2.26. The number of benzene rings is 3. The molecule has 0 spiro atoms. The molecule has 3 aromatic rings. The highest BCUT2D eigenvalue weighted by Crippen LogP contribution is 2.29. The minimum atomic E-state index is 0.344. The molecule has 0 saturated carbocycles. The molecule has 1 aliphatic heterocycles. The molecule has 1 heterocycles. The third-order valence-corrected chi connectivity index (χ3v) is 5.25. The van der Waals surface area contributed by atoms with Crippen molar-refractivity contribution in [2.75, 3.05) is 26.2 Å². The van der Waals surface area contributed by atoms with Crippen LogP contribution in [-0.2, 0) is 6.54 Å². The molecule has 1 aliphatic rings. The average molecular weight is 463 g/mol. The maximum atomic E-state index is 2.63. The van der Waals surface area contributed by atoms with Gasteiger partial charge in [-0.2, -0.15) is 0 Å². The molecule has 2 heteroatoms. The van der Waals surface area contributed by atoms with Gasteiger partial charge in [0.15, 0.2) is 0 Å². The van der Waals surface area contributed by atoms with Crippen LogP contribution in [0.15, 0.2) is 91.0 Å². The second kappa shape index (κ2) is 21.1. The van der Waals surface area contributed by atoms with Gasteiger partial charge in [-0.05, 0) is 16.7 Å². The Balaban J connectivity index is 0.00000124. The summed E-state index contributed by atoms with van der Waals surface area (Å²) in [5.41, 5.74) is 4.18. The van der Waals surface area contributed by atoms with Crippen LogP contribution in [0.5, 0.6) is 0 Å². The average Bonchev–Trinajstić information content (AvgIpc) is 2.96. The molecule has 1 saturated heterocycles. The Morgan fingerprint density at radius 2 is 0.853 bits per heavy atom. The summed E-state index contributed by atoms with van der Waals surface area (Å²) in [6, 6.07) is 33.0. The Morgan fingerprint density at radius 3 is 1.24 bits per heavy atom. The first-order valence-electron chi connectivity index (χ1n) is 13.5. The van der Waals surface area contributed by atoms with Gasteiger partial charge in [0.25, 0.3) is 0 Å². The van der Waals surface area contributed by atoms with E-state index in [1.165, 1.54) is 16.7 Å². The molecule has 3 aromatic carbocycles. The first-order chi connectivity index (χ1) is 16.9. The quantitative estimate of drug-likeness (QED) is 0.374. The second-order valence-electron chi connectivity index (χ2n) is 7.02. The largest absolute Gasteiger partial charge is 0.297 e. The van der Waals surface area contributed by atoms with Crippen LogP contribution >= 0.6 is 0 Å². The number of hydrogen-bond acceptors (Lipinski definition) is 2. The van der Waals surface area contributed by atoms with Crippen LogP contribution in [0.3, 0.4) is 0 Å². The van der Waals surface area contributed by atoms with E-state index in [1.807, 2.05) is 55.4 Å². The van der Waals surface area contributed by atoms with Gasteiger partial charge in [0.05, 0.1) is 6.04 Å². The van der Waals surface area contributed by atoms with E-state index in [9.17, 15) is 0 Å². The molecule has 1 fully saturated rings. The predicted molar refractivity (Wildman–Crippen MR) is 153 cm³/mol. The smallest absolute Gasteiger partial charge is 0.0602 e. The van der Waals surface area contributed by atoms with E-state index in [2.05, 4.69) is 101 Å². The zero-order valence-corrected chi connectivity index (χ0v) is 23.2. The molecular formula is C32H50N2. The molecule has 4 rings (SSSR count). The van der Waals surface area contributed by atoms with Crippen LogP contribution in [0, 0.1) is 0 Å².